The number of amides is 2. The monoisotopic (exact) mass is 396 g/mol. The molecule has 1 aliphatic heterocycles. The summed E-state index contributed by atoms with van der Waals surface area (Å²) in [5, 5.41) is 4.41. The van der Waals surface area contributed by atoms with Crippen molar-refractivity contribution in [3.05, 3.63) is 66.0 Å². The summed E-state index contributed by atoms with van der Waals surface area (Å²) in [4.78, 5) is 17.4. The van der Waals surface area contributed by atoms with Crippen LogP contribution in [0.1, 0.15) is 11.4 Å². The van der Waals surface area contributed by atoms with Gasteiger partial charge in [-0.1, -0.05) is 18.2 Å². The SMILES string of the molecule is CSc1cccc(N2Sc3ccccc3N(Cc3cc(C)nn3C)C2=O)c1. The molecular weight excluding hydrogens is 376 g/mol. The van der Waals surface area contributed by atoms with Crippen molar-refractivity contribution >= 4 is 41.1 Å². The molecule has 0 N–H and O–H groups in total. The third-order valence-corrected chi connectivity index (χ3v) is 6.27. The predicted molar refractivity (Wildman–Crippen MR) is 113 cm³/mol. The summed E-state index contributed by atoms with van der Waals surface area (Å²) in [7, 11) is 1.91. The van der Waals surface area contributed by atoms with Crippen molar-refractivity contribution in [1.29, 1.82) is 0 Å². The Hall–Kier alpha value is -2.38. The molecule has 1 aromatic heterocycles. The highest BCUT2D eigenvalue weighted by Crippen LogP contribution is 2.42. The number of hydrogen-bond acceptors (Lipinski definition) is 4. The van der Waals surface area contributed by atoms with E-state index in [0.29, 0.717) is 6.54 Å². The molecule has 2 amide bonds. The number of urea groups is 1. The molecule has 0 unspecified atom stereocenters. The van der Waals surface area contributed by atoms with Crippen molar-refractivity contribution in [3.63, 3.8) is 0 Å². The number of benzene rings is 2. The number of aryl methyl sites for hydroxylation is 2. The van der Waals surface area contributed by atoms with Gasteiger partial charge in [0.15, 0.2) is 0 Å². The summed E-state index contributed by atoms with van der Waals surface area (Å²) in [6, 6.07) is 18.1. The van der Waals surface area contributed by atoms with Gasteiger partial charge in [-0.25, -0.2) is 9.10 Å². The molecule has 4 rings (SSSR count). The topological polar surface area (TPSA) is 41.4 Å². The first-order valence-corrected chi connectivity index (χ1v) is 10.6. The van der Waals surface area contributed by atoms with Crippen LogP contribution in [0.4, 0.5) is 16.2 Å². The van der Waals surface area contributed by atoms with E-state index in [4.69, 9.17) is 0 Å². The zero-order valence-corrected chi connectivity index (χ0v) is 17.0. The minimum absolute atomic E-state index is 0.0455. The molecule has 0 spiro atoms. The Balaban J connectivity index is 1.75. The summed E-state index contributed by atoms with van der Waals surface area (Å²) in [5.74, 6) is 0. The van der Waals surface area contributed by atoms with Gasteiger partial charge in [0.1, 0.15) is 0 Å². The molecule has 0 saturated carbocycles. The average molecular weight is 397 g/mol. The van der Waals surface area contributed by atoms with E-state index < -0.39 is 0 Å². The van der Waals surface area contributed by atoms with Crippen LogP contribution in [0.15, 0.2) is 64.4 Å². The number of hydrogen-bond donors (Lipinski definition) is 0. The van der Waals surface area contributed by atoms with Crippen LogP contribution >= 0.6 is 23.7 Å². The zero-order valence-electron chi connectivity index (χ0n) is 15.4. The van der Waals surface area contributed by atoms with Crippen LogP contribution < -0.4 is 9.21 Å². The maximum absolute atomic E-state index is 13.4. The van der Waals surface area contributed by atoms with Crippen LogP contribution in [0.25, 0.3) is 0 Å². The predicted octanol–water partition coefficient (Wildman–Crippen LogP) is 5.10. The quantitative estimate of drug-likeness (QED) is 0.454. The number of para-hydroxylation sites is 1. The van der Waals surface area contributed by atoms with Gasteiger partial charge in [0.05, 0.1) is 34.2 Å². The summed E-state index contributed by atoms with van der Waals surface area (Å²) in [6.07, 6.45) is 2.04. The number of thioether (sulfide) groups is 1. The molecule has 138 valence electrons. The Morgan fingerprint density at radius 2 is 1.93 bits per heavy atom. The summed E-state index contributed by atoms with van der Waals surface area (Å²) < 4.78 is 3.61. The molecule has 0 bridgehead atoms. The van der Waals surface area contributed by atoms with Gasteiger partial charge in [-0.05, 0) is 61.5 Å². The number of rotatable bonds is 4. The van der Waals surface area contributed by atoms with Crippen molar-refractivity contribution in [2.75, 3.05) is 15.5 Å². The number of carbonyl (C=O) groups excluding carboxylic acids is 1. The molecular formula is C20H20N4OS2. The maximum atomic E-state index is 13.4. The molecule has 27 heavy (non-hydrogen) atoms. The fourth-order valence-electron chi connectivity index (χ4n) is 3.13. The molecule has 0 saturated heterocycles. The van der Waals surface area contributed by atoms with Crippen LogP contribution in [0, 0.1) is 6.92 Å². The Labute approximate surface area is 167 Å². The second kappa shape index (κ2) is 7.32. The van der Waals surface area contributed by atoms with Gasteiger partial charge in [0.2, 0.25) is 0 Å². The Bertz CT molecular complexity index is 1000. The summed E-state index contributed by atoms with van der Waals surface area (Å²) in [5.41, 5.74) is 3.77. The maximum Gasteiger partial charge on any atom is 0.339 e. The highest BCUT2D eigenvalue weighted by atomic mass is 32.2. The number of fused-ring (bicyclic) bond motifs is 1. The first-order chi connectivity index (χ1) is 13.1. The van der Waals surface area contributed by atoms with E-state index in [1.807, 2.05) is 66.2 Å². The van der Waals surface area contributed by atoms with Gasteiger partial charge >= 0.3 is 6.03 Å². The lowest BCUT2D eigenvalue weighted by Gasteiger charge is -2.35. The highest BCUT2D eigenvalue weighted by molar-refractivity contribution is 8.01. The minimum atomic E-state index is -0.0455. The third-order valence-electron chi connectivity index (χ3n) is 4.46. The molecule has 2 aromatic carbocycles. The lowest BCUT2D eigenvalue weighted by atomic mass is 10.2. The van der Waals surface area contributed by atoms with Crippen LogP contribution in [-0.4, -0.2) is 22.1 Å². The molecule has 0 fully saturated rings. The molecule has 5 nitrogen and oxygen atoms in total. The Kier molecular flexibility index (Phi) is 4.88. The first kappa shape index (κ1) is 18.0. The largest absolute Gasteiger partial charge is 0.339 e. The fourth-order valence-corrected chi connectivity index (χ4v) is 4.59. The minimum Gasteiger partial charge on any atom is -0.286 e. The van der Waals surface area contributed by atoms with Gasteiger partial charge in [0, 0.05) is 11.9 Å². The second-order valence-electron chi connectivity index (χ2n) is 6.32. The molecule has 0 aliphatic carbocycles. The lowest BCUT2D eigenvalue weighted by Crippen LogP contribution is -2.43. The summed E-state index contributed by atoms with van der Waals surface area (Å²) in [6.45, 7) is 2.44. The number of anilines is 2. The molecule has 1 aliphatic rings. The fraction of sp³-hybridized carbons (Fsp3) is 0.200. The Morgan fingerprint density at radius 3 is 2.67 bits per heavy atom. The number of carbonyl (C=O) groups is 1. The number of aromatic nitrogens is 2. The zero-order chi connectivity index (χ0) is 19.0. The molecule has 0 atom stereocenters. The van der Waals surface area contributed by atoms with Crippen LogP contribution in [-0.2, 0) is 13.6 Å². The van der Waals surface area contributed by atoms with Gasteiger partial charge in [-0.3, -0.25) is 9.58 Å². The van der Waals surface area contributed by atoms with Crippen LogP contribution in [0.2, 0.25) is 0 Å². The van der Waals surface area contributed by atoms with E-state index in [2.05, 4.69) is 23.3 Å². The van der Waals surface area contributed by atoms with E-state index in [9.17, 15) is 4.79 Å². The van der Waals surface area contributed by atoms with Crippen molar-refractivity contribution in [2.45, 2.75) is 23.3 Å². The smallest absolute Gasteiger partial charge is 0.286 e. The third kappa shape index (κ3) is 3.44. The van der Waals surface area contributed by atoms with E-state index in [0.717, 1.165) is 32.6 Å². The molecule has 0 radical (unpaired) electrons. The van der Waals surface area contributed by atoms with Gasteiger partial charge in [-0.15, -0.1) is 11.8 Å². The molecule has 2 heterocycles. The van der Waals surface area contributed by atoms with Crippen LogP contribution in [0.3, 0.4) is 0 Å². The normalized spacial score (nSPS) is 13.8. The molecule has 7 heteroatoms. The van der Waals surface area contributed by atoms with Gasteiger partial charge in [-0.2, -0.15) is 5.10 Å². The van der Waals surface area contributed by atoms with Gasteiger partial charge < -0.3 is 0 Å². The van der Waals surface area contributed by atoms with Crippen molar-refractivity contribution < 1.29 is 4.79 Å². The second-order valence-corrected chi connectivity index (χ2v) is 8.19. The molecule has 3 aromatic rings. The lowest BCUT2D eigenvalue weighted by molar-refractivity contribution is 0.254. The average Bonchev–Trinajstić information content (AvgIpc) is 3.00. The standard InChI is InChI=1S/C20H20N4OS2/c1-14-11-16(22(2)21-14)13-23-18-9-4-5-10-19(18)27-24(20(23)25)15-7-6-8-17(12-15)26-3/h4-12H,13H2,1-3H3. The van der Waals surface area contributed by atoms with Gasteiger partial charge in [0.25, 0.3) is 0 Å². The van der Waals surface area contributed by atoms with E-state index in [1.54, 1.807) is 16.1 Å². The van der Waals surface area contributed by atoms with E-state index in [-0.39, 0.29) is 6.03 Å². The number of nitrogens with zero attached hydrogens (tertiary/aromatic N) is 4. The van der Waals surface area contributed by atoms with Crippen LogP contribution in [0.5, 0.6) is 0 Å². The Morgan fingerprint density at radius 1 is 1.11 bits per heavy atom. The van der Waals surface area contributed by atoms with Crippen molar-refractivity contribution in [2.24, 2.45) is 7.05 Å². The van der Waals surface area contributed by atoms with Crippen molar-refractivity contribution in [3.8, 4) is 0 Å². The summed E-state index contributed by atoms with van der Waals surface area (Å²) >= 11 is 3.14. The highest BCUT2D eigenvalue weighted by Gasteiger charge is 2.33. The first-order valence-electron chi connectivity index (χ1n) is 8.59. The van der Waals surface area contributed by atoms with E-state index >= 15 is 0 Å². The van der Waals surface area contributed by atoms with Crippen molar-refractivity contribution in [1.82, 2.24) is 9.78 Å². The van der Waals surface area contributed by atoms with E-state index in [1.165, 1.54) is 11.9 Å².